The van der Waals surface area contributed by atoms with Crippen molar-refractivity contribution in [3.05, 3.63) is 47.5 Å². The summed E-state index contributed by atoms with van der Waals surface area (Å²) in [6.45, 7) is 13.0. The van der Waals surface area contributed by atoms with Gasteiger partial charge in [0.05, 0.1) is 0 Å². The summed E-state index contributed by atoms with van der Waals surface area (Å²) in [5.41, 5.74) is 4.14. The molecule has 0 N–H and O–H groups in total. The van der Waals surface area contributed by atoms with Crippen molar-refractivity contribution in [2.45, 2.75) is 46.5 Å². The topological polar surface area (TPSA) is 0 Å². The predicted molar refractivity (Wildman–Crippen MR) is 72.8 cm³/mol. The predicted octanol–water partition coefficient (Wildman–Crippen LogP) is 5.09. The Balaban J connectivity index is 3.01. The zero-order chi connectivity index (χ0) is 12.1. The van der Waals surface area contributed by atoms with E-state index < -0.39 is 0 Å². The van der Waals surface area contributed by atoms with Gasteiger partial charge in [0, 0.05) is 0 Å². The second-order valence-electron chi connectivity index (χ2n) is 4.79. The Morgan fingerprint density at radius 1 is 1.25 bits per heavy atom. The van der Waals surface area contributed by atoms with E-state index in [1.165, 1.54) is 29.5 Å². The highest BCUT2D eigenvalue weighted by atomic mass is 14.2. The van der Waals surface area contributed by atoms with Crippen LogP contribution in [0, 0.1) is 12.8 Å². The van der Waals surface area contributed by atoms with Gasteiger partial charge in [-0.15, -0.1) is 0 Å². The van der Waals surface area contributed by atoms with E-state index in [0.717, 1.165) is 0 Å². The van der Waals surface area contributed by atoms with Gasteiger partial charge >= 0.3 is 0 Å². The minimum Gasteiger partial charge on any atom is -0.0998 e. The van der Waals surface area contributed by atoms with Gasteiger partial charge < -0.3 is 0 Å². The molecule has 0 aliphatic heterocycles. The van der Waals surface area contributed by atoms with Crippen molar-refractivity contribution in [2.75, 3.05) is 0 Å². The van der Waals surface area contributed by atoms with Gasteiger partial charge in [-0.2, -0.15) is 0 Å². The van der Waals surface area contributed by atoms with Crippen LogP contribution in [0.2, 0.25) is 0 Å². The molecule has 0 aliphatic rings. The Hall–Kier alpha value is -1.04. The van der Waals surface area contributed by atoms with Crippen LogP contribution in [0.25, 0.3) is 0 Å². The third kappa shape index (κ3) is 2.98. The van der Waals surface area contributed by atoms with Crippen molar-refractivity contribution in [2.24, 2.45) is 5.92 Å². The van der Waals surface area contributed by atoms with Gasteiger partial charge in [0.25, 0.3) is 0 Å². The molecule has 0 bridgehead atoms. The maximum atomic E-state index is 4.14. The van der Waals surface area contributed by atoms with E-state index in [9.17, 15) is 0 Å². The van der Waals surface area contributed by atoms with E-state index in [2.05, 4.69) is 58.5 Å². The molecule has 1 rings (SSSR count). The molecule has 16 heavy (non-hydrogen) atoms. The van der Waals surface area contributed by atoms with Crippen molar-refractivity contribution in [3.8, 4) is 0 Å². The number of rotatable bonds is 5. The fraction of sp³-hybridized carbons (Fsp3) is 0.500. The molecular weight excluding hydrogens is 192 g/mol. The van der Waals surface area contributed by atoms with Gasteiger partial charge in [0.15, 0.2) is 0 Å². The Kier molecular flexibility index (Phi) is 4.79. The summed E-state index contributed by atoms with van der Waals surface area (Å²) in [5.74, 6) is 1.24. The second kappa shape index (κ2) is 5.89. The third-order valence-electron chi connectivity index (χ3n) is 3.47. The average Bonchev–Trinajstić information content (AvgIpc) is 2.25. The Bertz CT molecular complexity index is 349. The number of hydrogen-bond donors (Lipinski definition) is 0. The molecule has 0 unspecified atom stereocenters. The van der Waals surface area contributed by atoms with Crippen molar-refractivity contribution in [3.63, 3.8) is 0 Å². The number of aryl methyl sites for hydroxylation is 1. The van der Waals surface area contributed by atoms with E-state index in [1.807, 2.05) is 0 Å². The summed E-state index contributed by atoms with van der Waals surface area (Å²) in [6.07, 6.45) is 2.37. The molecule has 1 aromatic carbocycles. The SMILES string of the molecule is C=C(C)[C@H](CC)[C@@H](CC)c1cccc(C)c1. The normalized spacial score (nSPS) is 14.5. The summed E-state index contributed by atoms with van der Waals surface area (Å²) in [5, 5.41) is 0. The lowest BCUT2D eigenvalue weighted by molar-refractivity contribution is 0.458. The van der Waals surface area contributed by atoms with Crippen LogP contribution in [0.3, 0.4) is 0 Å². The molecular formula is C16H24. The molecule has 0 radical (unpaired) electrons. The Labute approximate surface area is 100 Å². The molecule has 0 saturated heterocycles. The molecule has 0 aromatic heterocycles. The molecule has 0 heterocycles. The van der Waals surface area contributed by atoms with Crippen LogP contribution in [0.5, 0.6) is 0 Å². The lowest BCUT2D eigenvalue weighted by Crippen LogP contribution is -2.12. The fourth-order valence-electron chi connectivity index (χ4n) is 2.63. The van der Waals surface area contributed by atoms with Crippen LogP contribution in [0.15, 0.2) is 36.4 Å². The van der Waals surface area contributed by atoms with Gasteiger partial charge in [0.2, 0.25) is 0 Å². The monoisotopic (exact) mass is 216 g/mol. The van der Waals surface area contributed by atoms with Gasteiger partial charge in [-0.1, -0.05) is 55.8 Å². The van der Waals surface area contributed by atoms with Crippen LogP contribution in [-0.2, 0) is 0 Å². The molecule has 0 saturated carbocycles. The first-order chi connectivity index (χ1) is 7.60. The first-order valence-corrected chi connectivity index (χ1v) is 6.32. The van der Waals surface area contributed by atoms with Crippen molar-refractivity contribution >= 4 is 0 Å². The molecule has 1 aromatic rings. The molecule has 88 valence electrons. The summed E-state index contributed by atoms with van der Waals surface area (Å²) in [6, 6.07) is 8.91. The standard InChI is InChI=1S/C16H24/c1-6-15(12(3)4)16(7-2)14-10-8-9-13(5)11-14/h8-11,15-16H,3,6-7H2,1-2,4-5H3/t15-,16-/m0/s1. The number of allylic oxidation sites excluding steroid dienone is 1. The highest BCUT2D eigenvalue weighted by molar-refractivity contribution is 5.27. The van der Waals surface area contributed by atoms with Crippen LogP contribution >= 0.6 is 0 Å². The minimum atomic E-state index is 0.617. The van der Waals surface area contributed by atoms with Crippen molar-refractivity contribution in [1.29, 1.82) is 0 Å². The smallest absolute Gasteiger partial charge is 0.00992 e. The van der Waals surface area contributed by atoms with E-state index in [0.29, 0.717) is 11.8 Å². The van der Waals surface area contributed by atoms with E-state index >= 15 is 0 Å². The summed E-state index contributed by atoms with van der Waals surface area (Å²) in [4.78, 5) is 0. The summed E-state index contributed by atoms with van der Waals surface area (Å²) < 4.78 is 0. The minimum absolute atomic E-state index is 0.617. The number of benzene rings is 1. The highest BCUT2D eigenvalue weighted by Gasteiger charge is 2.20. The molecule has 0 fully saturated rings. The Morgan fingerprint density at radius 2 is 1.94 bits per heavy atom. The van der Waals surface area contributed by atoms with E-state index in [-0.39, 0.29) is 0 Å². The lowest BCUT2D eigenvalue weighted by atomic mass is 9.79. The average molecular weight is 216 g/mol. The first-order valence-electron chi connectivity index (χ1n) is 6.32. The van der Waals surface area contributed by atoms with E-state index in [1.54, 1.807) is 0 Å². The maximum Gasteiger partial charge on any atom is -0.00992 e. The van der Waals surface area contributed by atoms with Crippen molar-refractivity contribution in [1.82, 2.24) is 0 Å². The summed E-state index contributed by atoms with van der Waals surface area (Å²) >= 11 is 0. The largest absolute Gasteiger partial charge is 0.0998 e. The van der Waals surface area contributed by atoms with E-state index in [4.69, 9.17) is 0 Å². The highest BCUT2D eigenvalue weighted by Crippen LogP contribution is 2.34. The molecule has 0 aliphatic carbocycles. The zero-order valence-corrected chi connectivity index (χ0v) is 11.1. The van der Waals surface area contributed by atoms with Crippen LogP contribution in [-0.4, -0.2) is 0 Å². The van der Waals surface area contributed by atoms with Crippen LogP contribution in [0.1, 0.15) is 50.7 Å². The molecule has 0 spiro atoms. The molecule has 2 atom stereocenters. The second-order valence-corrected chi connectivity index (χ2v) is 4.79. The van der Waals surface area contributed by atoms with Gasteiger partial charge in [-0.25, -0.2) is 0 Å². The van der Waals surface area contributed by atoms with Gasteiger partial charge in [-0.3, -0.25) is 0 Å². The fourth-order valence-corrected chi connectivity index (χ4v) is 2.63. The molecule has 0 amide bonds. The first kappa shape index (κ1) is 13.0. The van der Waals surface area contributed by atoms with Gasteiger partial charge in [0.1, 0.15) is 0 Å². The quantitative estimate of drug-likeness (QED) is 0.601. The number of hydrogen-bond acceptors (Lipinski definition) is 0. The Morgan fingerprint density at radius 3 is 2.38 bits per heavy atom. The zero-order valence-electron chi connectivity index (χ0n) is 11.1. The molecule has 0 nitrogen and oxygen atoms in total. The van der Waals surface area contributed by atoms with Crippen LogP contribution in [0.4, 0.5) is 0 Å². The summed E-state index contributed by atoms with van der Waals surface area (Å²) in [7, 11) is 0. The molecule has 0 heteroatoms. The lowest BCUT2D eigenvalue weighted by Gasteiger charge is -2.26. The maximum absolute atomic E-state index is 4.14. The third-order valence-corrected chi connectivity index (χ3v) is 3.47. The van der Waals surface area contributed by atoms with Gasteiger partial charge in [-0.05, 0) is 44.1 Å². The van der Waals surface area contributed by atoms with Crippen LogP contribution < -0.4 is 0 Å². The van der Waals surface area contributed by atoms with Crippen molar-refractivity contribution < 1.29 is 0 Å².